The molecule has 9 heterocycles. The second-order valence-electron chi connectivity index (χ2n) is 13.2. The van der Waals surface area contributed by atoms with E-state index in [9.17, 15) is 0 Å². The van der Waals surface area contributed by atoms with Crippen LogP contribution in [0.5, 0.6) is 0 Å². The van der Waals surface area contributed by atoms with E-state index in [-0.39, 0.29) is 103 Å². The summed E-state index contributed by atoms with van der Waals surface area (Å²) in [7, 11) is 5.92. The molecule has 9 rings (SSSR count). The summed E-state index contributed by atoms with van der Waals surface area (Å²) < 4.78 is 7.93. The Labute approximate surface area is 455 Å². The number of nitrogen functional groups attached to an aromatic ring is 4. The average Bonchev–Trinajstić information content (AvgIpc) is 4.14. The van der Waals surface area contributed by atoms with E-state index < -0.39 is 0 Å². The molecule has 0 aromatic carbocycles. The molecule has 0 amide bonds. The molecule has 0 bridgehead atoms. The number of rotatable bonds is 4. The van der Waals surface area contributed by atoms with Gasteiger partial charge in [-0.05, 0) is 48.5 Å². The molecule has 0 saturated carbocycles. The molecule has 386 valence electrons. The second kappa shape index (κ2) is 38.0. The molecule has 69 heavy (non-hydrogen) atoms. The van der Waals surface area contributed by atoms with E-state index in [4.69, 9.17) is 22.9 Å². The molecular weight excluding hydrogens is 1170 g/mol. The van der Waals surface area contributed by atoms with Crippen LogP contribution in [0.3, 0.4) is 0 Å². The van der Waals surface area contributed by atoms with Gasteiger partial charge in [-0.25, -0.2) is 19.9 Å². The smallest absolute Gasteiger partial charge is 0.447 e. The quantitative estimate of drug-likeness (QED) is 0.145. The molecule has 0 aliphatic carbocycles. The van der Waals surface area contributed by atoms with E-state index in [1.807, 2.05) is 113 Å². The van der Waals surface area contributed by atoms with Crippen molar-refractivity contribution in [3.63, 3.8) is 0 Å². The first-order chi connectivity index (χ1) is 31.0. The van der Waals surface area contributed by atoms with Crippen LogP contribution >= 0.6 is 0 Å². The van der Waals surface area contributed by atoms with E-state index in [0.29, 0.717) is 24.5 Å². The van der Waals surface area contributed by atoms with Gasteiger partial charge in [0.2, 0.25) is 23.8 Å². The number of aryl methyl sites for hydroxylation is 12. The van der Waals surface area contributed by atoms with Crippen LogP contribution in [0, 0.1) is 55.4 Å². The van der Waals surface area contributed by atoms with E-state index in [2.05, 4.69) is 86.7 Å². The number of aromatic nitrogens is 20. The van der Waals surface area contributed by atoms with Gasteiger partial charge in [0.05, 0.1) is 6.92 Å². The van der Waals surface area contributed by atoms with Gasteiger partial charge in [0.1, 0.15) is 35.5 Å². The van der Waals surface area contributed by atoms with Crippen LogP contribution in [0.2, 0.25) is 0 Å². The fourth-order valence-corrected chi connectivity index (χ4v) is 4.27. The first kappa shape index (κ1) is 67.3. The van der Waals surface area contributed by atoms with E-state index in [1.54, 1.807) is 62.0 Å². The van der Waals surface area contributed by atoms with Crippen molar-refractivity contribution in [2.75, 3.05) is 22.9 Å². The van der Waals surface area contributed by atoms with Crippen LogP contribution in [0.4, 0.5) is 23.8 Å². The maximum Gasteiger partial charge on any atom is 2.00 e. The first-order valence-corrected chi connectivity index (χ1v) is 19.8. The van der Waals surface area contributed by atoms with Gasteiger partial charge in [-0.3, -0.25) is 0 Å². The summed E-state index contributed by atoms with van der Waals surface area (Å²) in [6.07, 6.45) is 26.0. The fraction of sp³-hybridized carbons (Fsp3) is 0.317. The Morgan fingerprint density at radius 3 is 0.942 bits per heavy atom. The van der Waals surface area contributed by atoms with Gasteiger partial charge in [-0.2, -0.15) is 29.9 Å². The van der Waals surface area contributed by atoms with E-state index in [0.717, 1.165) is 47.3 Å². The summed E-state index contributed by atoms with van der Waals surface area (Å²) >= 11 is 0. The minimum absolute atomic E-state index is 0. The standard InChI is InChI=1S/C9H13N7.C5H8N5.3C5H8N2.3C4H5N2.2Ag.2Cu/c1-6-12-3-5-16(6)4-2-7-13-8(10)15-9(11)14-7;1-2-3-8-4(6)10-5(7)9-3;3*1-5-6-3-4-7(5)2;3*1-4-5-2-3-6-4;;;;/h3,5H,2,4H2,1H3,(H4,10,11,13,14,15);1-2H2,(H4,6,7,8,9,10);3*3-4H,1-2H3;3*2-3H,1H3;;;;/q;+1;;;;3*-1;2*+1;;+2. The van der Waals surface area contributed by atoms with Crippen molar-refractivity contribution in [3.8, 4) is 0 Å². The van der Waals surface area contributed by atoms with Gasteiger partial charge in [-0.1, -0.05) is 54.7 Å². The monoisotopic (exact) mass is 1230 g/mol. The van der Waals surface area contributed by atoms with Crippen LogP contribution in [0.15, 0.2) is 86.8 Å². The maximum atomic E-state index is 5.48. The summed E-state index contributed by atoms with van der Waals surface area (Å²) in [5, 5.41) is 0. The van der Waals surface area contributed by atoms with E-state index >= 15 is 0 Å². The summed E-state index contributed by atoms with van der Waals surface area (Å²) in [6.45, 7) is 17.8. The van der Waals surface area contributed by atoms with Crippen LogP contribution in [0.25, 0.3) is 0 Å². The number of hydrogen-bond donors (Lipinski definition) is 4. The molecular formula is C41H60Ag2Cu2N24+2. The van der Waals surface area contributed by atoms with Crippen molar-refractivity contribution in [2.24, 2.45) is 21.1 Å². The van der Waals surface area contributed by atoms with Crippen LogP contribution in [0.1, 0.15) is 52.4 Å². The number of nitrogens with zero attached hydrogens (tertiary/aromatic N) is 20. The maximum absolute atomic E-state index is 5.48. The Kier molecular flexibility index (Phi) is 37.1. The van der Waals surface area contributed by atoms with Crippen LogP contribution in [-0.2, 0) is 119 Å². The largest absolute Gasteiger partial charge is 2.00 e. The fourth-order valence-electron chi connectivity index (χ4n) is 4.27. The Morgan fingerprint density at radius 1 is 0.449 bits per heavy atom. The Balaban J connectivity index is -0.000000736. The van der Waals surface area contributed by atoms with Gasteiger partial charge in [0.25, 0.3) is 0 Å². The van der Waals surface area contributed by atoms with Gasteiger partial charge in [0, 0.05) is 101 Å². The molecule has 0 atom stereocenters. The molecule has 0 spiro atoms. The average molecular weight is 1230 g/mol. The molecule has 0 aliphatic heterocycles. The zero-order chi connectivity index (χ0) is 48.1. The zero-order valence-electron chi connectivity index (χ0n) is 39.9. The minimum Gasteiger partial charge on any atom is -0.447 e. The normalized spacial score (nSPS) is 9.01. The Bertz CT molecular complexity index is 2310. The SMILES string of the molecule is Cc1ncc[n-]1.Cc1ncc[n-]1.Cc1ncc[n-]1.Cc1nccn1C.Cc1nccn1C.Cc1nccn1C.Cc1nccn1CCc1nc(N)nc(N)n1.[Ag+].[Ag+].[CH2+]Cc1nc(N)nc(N)n1.[Cu+2].[Cu]. The Morgan fingerprint density at radius 2 is 0.754 bits per heavy atom. The summed E-state index contributed by atoms with van der Waals surface area (Å²) in [5.74, 6) is 8.37. The van der Waals surface area contributed by atoms with Gasteiger partial charge in [-0.15, -0.1) is 0 Å². The van der Waals surface area contributed by atoms with Crippen LogP contribution < -0.4 is 37.9 Å². The van der Waals surface area contributed by atoms with Gasteiger partial charge < -0.3 is 71.1 Å². The van der Waals surface area contributed by atoms with Crippen molar-refractivity contribution in [1.82, 2.24) is 98.0 Å². The molecule has 0 unspecified atom stereocenters. The minimum atomic E-state index is 0. The predicted molar refractivity (Wildman–Crippen MR) is 248 cm³/mol. The van der Waals surface area contributed by atoms with Crippen molar-refractivity contribution < 1.29 is 78.9 Å². The molecule has 28 heteroatoms. The molecule has 9 aromatic rings. The number of nitrogens with two attached hydrogens (primary N) is 4. The number of imidazole rings is 7. The molecule has 0 fully saturated rings. The summed E-state index contributed by atoms with van der Waals surface area (Å²) in [5.41, 5.74) is 21.5. The van der Waals surface area contributed by atoms with Gasteiger partial charge in [0.15, 0.2) is 5.82 Å². The molecule has 24 nitrogen and oxygen atoms in total. The predicted octanol–water partition coefficient (Wildman–Crippen LogP) is 2.41. The van der Waals surface area contributed by atoms with Crippen molar-refractivity contribution in [2.45, 2.75) is 67.9 Å². The van der Waals surface area contributed by atoms with Crippen molar-refractivity contribution >= 4 is 23.8 Å². The van der Waals surface area contributed by atoms with Gasteiger partial charge >= 0.3 is 61.8 Å². The second-order valence-corrected chi connectivity index (χ2v) is 13.2. The van der Waals surface area contributed by atoms with E-state index in [1.165, 1.54) is 0 Å². The van der Waals surface area contributed by atoms with Crippen molar-refractivity contribution in [3.05, 3.63) is 146 Å². The molecule has 0 saturated heterocycles. The summed E-state index contributed by atoms with van der Waals surface area (Å²) in [6, 6.07) is 0. The third-order valence-corrected chi connectivity index (χ3v) is 8.11. The summed E-state index contributed by atoms with van der Waals surface area (Å²) in [4.78, 5) is 61.7. The molecule has 8 N–H and O–H groups in total. The topological polar surface area (TPSA) is 334 Å². The third-order valence-electron chi connectivity index (χ3n) is 8.11. The Hall–Kier alpha value is -5.92. The van der Waals surface area contributed by atoms with Crippen molar-refractivity contribution in [1.29, 1.82) is 0 Å². The number of anilines is 4. The molecule has 2 radical (unpaired) electrons. The third kappa shape index (κ3) is 30.2. The molecule has 0 aliphatic rings. The zero-order valence-corrected chi connectivity index (χ0v) is 44.7. The first-order valence-electron chi connectivity index (χ1n) is 19.8. The number of hydrogen-bond acceptors (Lipinski definition) is 17. The van der Waals surface area contributed by atoms with Crippen LogP contribution in [-0.4, -0.2) is 83.1 Å². The molecule has 9 aromatic heterocycles.